The molecule has 3 aliphatic rings. The Bertz CT molecular complexity index is 5520. The fourth-order valence-electron chi connectivity index (χ4n) is 9.97. The fraction of sp³-hybridized carbons (Fsp3) is 0.246. The summed E-state index contributed by atoms with van der Waals surface area (Å²) in [6.45, 7) is 19.5. The molecule has 3 aliphatic heterocycles. The van der Waals surface area contributed by atoms with Gasteiger partial charge in [0, 0.05) is 50.6 Å². The van der Waals surface area contributed by atoms with E-state index in [2.05, 4.69) is 0 Å². The Morgan fingerprint density at radius 2 is 1.00 bits per heavy atom. The molecule has 0 aliphatic carbocycles. The van der Waals surface area contributed by atoms with Crippen LogP contribution in [0.3, 0.4) is 0 Å². The van der Waals surface area contributed by atoms with Crippen molar-refractivity contribution in [3.63, 3.8) is 0 Å². The van der Waals surface area contributed by atoms with Gasteiger partial charge >= 0.3 is 0 Å². The summed E-state index contributed by atoms with van der Waals surface area (Å²) in [5.74, 6) is 0. The first-order chi connectivity index (χ1) is 46.9. The quantitative estimate of drug-likeness (QED) is 0.163. The van der Waals surface area contributed by atoms with E-state index in [0.717, 1.165) is 4.90 Å². The van der Waals surface area contributed by atoms with Crippen LogP contribution in [0.4, 0.5) is 51.2 Å². The first-order valence-corrected chi connectivity index (χ1v) is 24.5. The molecule has 4 nitrogen and oxygen atoms in total. The molecule has 9 aromatic carbocycles. The molecule has 0 unspecified atom stereocenters. The van der Waals surface area contributed by atoms with Crippen LogP contribution in [0.2, 0.25) is 0 Å². The van der Waals surface area contributed by atoms with E-state index in [0.29, 0.717) is 4.90 Å². The Hall–Kier alpha value is -7.50. The predicted octanol–water partition coefficient (Wildman–Crippen LogP) is 17.3. The number of aromatic nitrogens is 1. The smallest absolute Gasteiger partial charge is 0.252 e. The van der Waals surface area contributed by atoms with Crippen molar-refractivity contribution in [3.05, 3.63) is 197 Å². The van der Waals surface area contributed by atoms with Crippen molar-refractivity contribution in [3.8, 4) is 5.69 Å². The normalized spacial score (nSPS) is 19.2. The van der Waals surface area contributed by atoms with Crippen molar-refractivity contribution >= 4 is 107 Å². The number of rotatable bonds is 4. The average molecular weight is 991 g/mol. The van der Waals surface area contributed by atoms with Gasteiger partial charge in [0.05, 0.1) is 66.5 Å². The predicted molar refractivity (Wildman–Crippen MR) is 320 cm³/mol. The Morgan fingerprint density at radius 1 is 0.419 bits per heavy atom. The van der Waals surface area contributed by atoms with Crippen LogP contribution in [0.15, 0.2) is 169 Å². The van der Waals surface area contributed by atoms with Gasteiger partial charge in [-0.05, 0) is 174 Å². The molecule has 10 aromatic rings. The number of anilines is 9. The van der Waals surface area contributed by atoms with Gasteiger partial charge in [0.1, 0.15) is 0 Å². The van der Waals surface area contributed by atoms with Gasteiger partial charge in [0.2, 0.25) is 0 Å². The molecule has 0 saturated heterocycles. The Labute approximate surface area is 478 Å². The van der Waals surface area contributed by atoms with Crippen molar-refractivity contribution in [2.75, 3.05) is 14.7 Å². The molecule has 13 rings (SSSR count). The van der Waals surface area contributed by atoms with Crippen molar-refractivity contribution in [1.29, 1.82) is 0 Å². The summed E-state index contributed by atoms with van der Waals surface area (Å²) in [5, 5.41) is -1.36. The minimum absolute atomic E-state index is 0.0319. The van der Waals surface area contributed by atoms with Crippen LogP contribution in [-0.4, -0.2) is 11.3 Å². The monoisotopic (exact) mass is 991 g/mol. The maximum atomic E-state index is 11.1. The maximum Gasteiger partial charge on any atom is 0.252 e. The average Bonchev–Trinajstić information content (AvgIpc) is 1.21. The second-order valence-corrected chi connectivity index (χ2v) is 23.3. The van der Waals surface area contributed by atoms with Crippen LogP contribution in [0.25, 0.3) is 38.3 Å². The Morgan fingerprint density at radius 3 is 1.64 bits per heavy atom. The molecular formula is C69H67BN4. The number of benzene rings is 9. The van der Waals surface area contributed by atoms with Gasteiger partial charge in [-0.15, -0.1) is 0 Å². The number of nitrogens with zero attached hydrogens (tertiary/aromatic N) is 4. The summed E-state index contributed by atoms with van der Waals surface area (Å²) in [5.41, 5.74) is -12.3. The zero-order valence-electron chi connectivity index (χ0n) is 71.4. The standard InChI is InChI=1S/C69H67BN4/c1-42-35-60-63-61(36-42)74-62-40-48(69(11,12)13)39-54-53-38-47(68(8,9)10)26-34-57(53)73(64(54)62)58-20-16-19-56(65(58)74)70(63)55-33-32-52(41-59(55)72(60)51-27-21-43-17-14-15-18-44(43)37-51)71(49-28-22-45(23-29-49)66(2,3)4)50-30-24-46(25-31-50)67(5,6)7/h14-41H,1-13H3/i14D,15D,16D,17D,18D,19D,20D,21D,22D,23D,24D,25D,26D,27D,28D,29D,30D,31D,32D,33D,34D,35D,36D,37D,38D,39D,40D,41D. The van der Waals surface area contributed by atoms with Gasteiger partial charge in [0.25, 0.3) is 6.71 Å². The summed E-state index contributed by atoms with van der Waals surface area (Å²) < 4.78 is 280. The molecule has 0 radical (unpaired) electrons. The summed E-state index contributed by atoms with van der Waals surface area (Å²) in [4.78, 5) is 2.88. The molecule has 4 heterocycles. The van der Waals surface area contributed by atoms with Gasteiger partial charge in [-0.25, -0.2) is 0 Å². The Kier molecular flexibility index (Phi) is 5.36. The van der Waals surface area contributed by atoms with E-state index in [1.165, 1.54) is 16.4 Å². The van der Waals surface area contributed by atoms with E-state index in [1.54, 1.807) is 83.1 Å². The van der Waals surface area contributed by atoms with Gasteiger partial charge in [0.15, 0.2) is 0 Å². The lowest BCUT2D eigenvalue weighted by Gasteiger charge is -2.46. The molecule has 0 saturated carbocycles. The highest BCUT2D eigenvalue weighted by Gasteiger charge is 2.47. The zero-order chi connectivity index (χ0) is 75.9. The second kappa shape index (κ2) is 15.8. The summed E-state index contributed by atoms with van der Waals surface area (Å²) >= 11 is 0. The molecule has 0 N–H and O–H groups in total. The molecule has 5 heteroatoms. The van der Waals surface area contributed by atoms with Crippen molar-refractivity contribution < 1.29 is 38.4 Å². The third-order valence-electron chi connectivity index (χ3n) is 13.8. The van der Waals surface area contributed by atoms with E-state index < -0.39 is 236 Å². The van der Waals surface area contributed by atoms with E-state index in [9.17, 15) is 34.3 Å². The lowest BCUT2D eigenvalue weighted by atomic mass is 9.33. The van der Waals surface area contributed by atoms with Gasteiger partial charge < -0.3 is 19.3 Å². The highest BCUT2D eigenvalue weighted by molar-refractivity contribution is 7.00. The number of hydrogen-bond acceptors (Lipinski definition) is 3. The molecule has 0 atom stereocenters. The molecule has 74 heavy (non-hydrogen) atoms. The number of para-hydroxylation sites is 1. The molecular weight excluding hydrogens is 896 g/mol. The van der Waals surface area contributed by atoms with Crippen molar-refractivity contribution in [2.24, 2.45) is 0 Å². The molecule has 1 aromatic heterocycles. The Balaban J connectivity index is 1.33. The van der Waals surface area contributed by atoms with Crippen LogP contribution in [0.1, 0.15) is 149 Å². The lowest BCUT2D eigenvalue weighted by Crippen LogP contribution is -2.61. The third-order valence-corrected chi connectivity index (χ3v) is 13.8. The maximum absolute atomic E-state index is 11.1. The topological polar surface area (TPSA) is 14.7 Å². The van der Waals surface area contributed by atoms with E-state index >= 15 is 0 Å². The molecule has 0 bridgehead atoms. The summed E-state index contributed by atoms with van der Waals surface area (Å²) in [6, 6.07) is -21.3. The van der Waals surface area contributed by atoms with E-state index in [1.807, 2.05) is 0 Å². The van der Waals surface area contributed by atoms with E-state index in [4.69, 9.17) is 4.11 Å². The van der Waals surface area contributed by atoms with Crippen LogP contribution < -0.4 is 31.1 Å². The highest BCUT2D eigenvalue weighted by atomic mass is 15.2. The first kappa shape index (κ1) is 25.2. The van der Waals surface area contributed by atoms with Crippen molar-refractivity contribution in [2.45, 2.75) is 112 Å². The summed E-state index contributed by atoms with van der Waals surface area (Å²) in [7, 11) is 0. The van der Waals surface area contributed by atoms with Gasteiger partial charge in [-0.1, -0.05) is 162 Å². The first-order valence-electron chi connectivity index (χ1n) is 38.5. The largest absolute Gasteiger partial charge is 0.311 e. The SMILES string of the molecule is [2H]c1c([2H])c2c3c(c1[2H])-n1c4c([2H])c([2H])c(C(C)(C)C)c([2H])c4c4c([2H])c(C(C)(C)C)c([2H])c(c41)N3c1c([2H])c(C)c([2H])c3c1B2c1c([2H])c([2H])c(N(c2c([2H])c([2H])c(C(C)(C)C)c([2H])c2[2H])c2c([2H])c([2H])c(C(C)(C)C)c([2H])c2[2H])c([2H])c1N3c1c([2H])c([2H])c2c([2H])c([2H])c([2H])c([2H])c2c1[2H]. The van der Waals surface area contributed by atoms with Gasteiger partial charge in [-0.2, -0.15) is 0 Å². The van der Waals surface area contributed by atoms with Crippen LogP contribution in [0.5, 0.6) is 0 Å². The van der Waals surface area contributed by atoms with E-state index in [-0.39, 0.29) is 95.4 Å². The van der Waals surface area contributed by atoms with Crippen LogP contribution >= 0.6 is 0 Å². The third kappa shape index (κ3) is 7.02. The van der Waals surface area contributed by atoms with Crippen molar-refractivity contribution in [1.82, 2.24) is 4.57 Å². The minimum Gasteiger partial charge on any atom is -0.311 e. The van der Waals surface area contributed by atoms with Crippen LogP contribution in [-0.2, 0) is 21.7 Å². The van der Waals surface area contributed by atoms with Gasteiger partial charge in [-0.3, -0.25) is 0 Å². The molecule has 0 amide bonds. The highest BCUT2D eigenvalue weighted by Crippen LogP contribution is 2.54. The number of hydrogen-bond donors (Lipinski definition) is 0. The number of fused-ring (bicyclic) bond motifs is 10. The minimum atomic E-state index is -1.97. The lowest BCUT2D eigenvalue weighted by molar-refractivity contribution is 0.590. The zero-order valence-corrected chi connectivity index (χ0v) is 43.4. The second-order valence-electron chi connectivity index (χ2n) is 23.3. The fourth-order valence-corrected chi connectivity index (χ4v) is 9.97. The summed E-state index contributed by atoms with van der Waals surface area (Å²) in [6.07, 6.45) is 0. The molecule has 0 fully saturated rings. The van der Waals surface area contributed by atoms with Crippen LogP contribution in [0, 0.1) is 6.92 Å². The molecule has 0 spiro atoms. The molecule has 366 valence electrons.